The van der Waals surface area contributed by atoms with Crippen LogP contribution in [-0.2, 0) is 13.5 Å². The predicted molar refractivity (Wildman–Crippen MR) is 64.1 cm³/mol. The second-order valence-electron chi connectivity index (χ2n) is 3.68. The highest BCUT2D eigenvalue weighted by Gasteiger charge is 2.12. The van der Waals surface area contributed by atoms with Crippen molar-refractivity contribution in [3.05, 3.63) is 40.7 Å². The van der Waals surface area contributed by atoms with Crippen LogP contribution < -0.4 is 5.32 Å². The first kappa shape index (κ1) is 12.0. The summed E-state index contributed by atoms with van der Waals surface area (Å²) in [5.41, 5.74) is 0.424. The van der Waals surface area contributed by atoms with Gasteiger partial charge in [0.2, 0.25) is 0 Å². The van der Waals surface area contributed by atoms with Crippen molar-refractivity contribution in [3.8, 4) is 0 Å². The fraction of sp³-hybridized carbons (Fsp3) is 0.300. The lowest BCUT2D eigenvalue weighted by atomic mass is 10.3. The van der Waals surface area contributed by atoms with Crippen molar-refractivity contribution >= 4 is 11.4 Å². The standard InChI is InChI=1S/C10H12N6O2/c1-15-7-13-14-10(15)3-5-12-8-2-4-11-6-9(8)16(17)18/h2,4,6-7H,3,5H2,1H3,(H,11,12). The van der Waals surface area contributed by atoms with Crippen LogP contribution in [0, 0.1) is 10.1 Å². The minimum atomic E-state index is -0.461. The number of aromatic nitrogens is 4. The van der Waals surface area contributed by atoms with Gasteiger partial charge in [0.25, 0.3) is 0 Å². The van der Waals surface area contributed by atoms with Crippen molar-refractivity contribution in [1.29, 1.82) is 0 Å². The first-order valence-corrected chi connectivity index (χ1v) is 5.33. The van der Waals surface area contributed by atoms with Crippen LogP contribution in [0.15, 0.2) is 24.8 Å². The Kier molecular flexibility index (Phi) is 3.46. The molecule has 0 bridgehead atoms. The zero-order valence-electron chi connectivity index (χ0n) is 9.78. The Morgan fingerprint density at radius 2 is 2.39 bits per heavy atom. The van der Waals surface area contributed by atoms with Gasteiger partial charge in [-0.15, -0.1) is 10.2 Å². The molecule has 0 saturated carbocycles. The van der Waals surface area contributed by atoms with Gasteiger partial charge in [-0.05, 0) is 6.07 Å². The van der Waals surface area contributed by atoms with Gasteiger partial charge in [0.1, 0.15) is 24.0 Å². The Morgan fingerprint density at radius 3 is 3.06 bits per heavy atom. The molecule has 2 aromatic heterocycles. The van der Waals surface area contributed by atoms with E-state index in [1.54, 1.807) is 12.4 Å². The molecule has 0 radical (unpaired) electrons. The molecule has 0 saturated heterocycles. The summed E-state index contributed by atoms with van der Waals surface area (Å²) in [6.45, 7) is 0.539. The van der Waals surface area contributed by atoms with E-state index in [1.165, 1.54) is 12.4 Å². The van der Waals surface area contributed by atoms with Gasteiger partial charge in [-0.25, -0.2) is 0 Å². The van der Waals surface area contributed by atoms with E-state index in [0.29, 0.717) is 18.7 Å². The van der Waals surface area contributed by atoms with Crippen LogP contribution in [0.2, 0.25) is 0 Å². The summed E-state index contributed by atoms with van der Waals surface area (Å²) in [5, 5.41) is 21.5. The highest BCUT2D eigenvalue weighted by Crippen LogP contribution is 2.21. The summed E-state index contributed by atoms with van der Waals surface area (Å²) in [7, 11) is 1.85. The van der Waals surface area contributed by atoms with Gasteiger partial charge in [-0.1, -0.05) is 0 Å². The first-order chi connectivity index (χ1) is 8.68. The fourth-order valence-corrected chi connectivity index (χ4v) is 1.52. The summed E-state index contributed by atoms with van der Waals surface area (Å²) >= 11 is 0. The number of anilines is 1. The highest BCUT2D eigenvalue weighted by atomic mass is 16.6. The molecule has 2 aromatic rings. The molecule has 94 valence electrons. The molecule has 8 heteroatoms. The first-order valence-electron chi connectivity index (χ1n) is 5.33. The SMILES string of the molecule is Cn1cnnc1CCNc1ccncc1[N+](=O)[O-]. The zero-order valence-corrected chi connectivity index (χ0v) is 9.78. The molecule has 2 heterocycles. The van der Waals surface area contributed by atoms with Crippen molar-refractivity contribution in [3.63, 3.8) is 0 Å². The van der Waals surface area contributed by atoms with Crippen LogP contribution in [0.3, 0.4) is 0 Å². The van der Waals surface area contributed by atoms with Gasteiger partial charge in [0.05, 0.1) is 4.92 Å². The summed E-state index contributed by atoms with van der Waals surface area (Å²) in [4.78, 5) is 14.0. The number of nitrogens with zero attached hydrogens (tertiary/aromatic N) is 5. The van der Waals surface area contributed by atoms with Crippen molar-refractivity contribution in [2.45, 2.75) is 6.42 Å². The third-order valence-corrected chi connectivity index (χ3v) is 2.47. The maximum absolute atomic E-state index is 10.8. The van der Waals surface area contributed by atoms with Crippen molar-refractivity contribution in [1.82, 2.24) is 19.7 Å². The van der Waals surface area contributed by atoms with Crippen LogP contribution in [0.5, 0.6) is 0 Å². The molecule has 0 atom stereocenters. The molecule has 18 heavy (non-hydrogen) atoms. The Labute approximate surface area is 103 Å². The average molecular weight is 248 g/mol. The molecule has 0 aliphatic carbocycles. The molecular weight excluding hydrogens is 236 g/mol. The third kappa shape index (κ3) is 2.59. The van der Waals surface area contributed by atoms with Gasteiger partial charge in [-0.3, -0.25) is 15.1 Å². The Bertz CT molecular complexity index is 553. The van der Waals surface area contributed by atoms with E-state index in [9.17, 15) is 10.1 Å². The number of rotatable bonds is 5. The second kappa shape index (κ2) is 5.21. The van der Waals surface area contributed by atoms with Crippen LogP contribution >= 0.6 is 0 Å². The Morgan fingerprint density at radius 1 is 1.56 bits per heavy atom. The van der Waals surface area contributed by atoms with E-state index >= 15 is 0 Å². The minimum Gasteiger partial charge on any atom is -0.379 e. The lowest BCUT2D eigenvalue weighted by Gasteiger charge is -2.05. The topological polar surface area (TPSA) is 98.8 Å². The van der Waals surface area contributed by atoms with E-state index in [1.807, 2.05) is 11.6 Å². The van der Waals surface area contributed by atoms with E-state index < -0.39 is 4.92 Å². The van der Waals surface area contributed by atoms with E-state index in [-0.39, 0.29) is 5.69 Å². The van der Waals surface area contributed by atoms with E-state index in [0.717, 1.165) is 5.82 Å². The fourth-order valence-electron chi connectivity index (χ4n) is 1.52. The van der Waals surface area contributed by atoms with Gasteiger partial charge in [0.15, 0.2) is 0 Å². The molecule has 8 nitrogen and oxygen atoms in total. The average Bonchev–Trinajstić information content (AvgIpc) is 2.76. The summed E-state index contributed by atoms with van der Waals surface area (Å²) < 4.78 is 1.81. The van der Waals surface area contributed by atoms with Crippen LogP contribution in [0.1, 0.15) is 5.82 Å². The highest BCUT2D eigenvalue weighted by molar-refractivity contribution is 5.59. The lowest BCUT2D eigenvalue weighted by Crippen LogP contribution is -2.10. The molecular formula is C10H12N6O2. The maximum Gasteiger partial charge on any atom is 0.310 e. The Hall–Kier alpha value is -2.51. The molecule has 0 spiro atoms. The van der Waals surface area contributed by atoms with Crippen molar-refractivity contribution in [2.24, 2.45) is 7.05 Å². The molecule has 0 unspecified atom stereocenters. The summed E-state index contributed by atoms with van der Waals surface area (Å²) in [5.74, 6) is 0.819. The van der Waals surface area contributed by atoms with Gasteiger partial charge >= 0.3 is 5.69 Å². The molecule has 0 fully saturated rings. The molecule has 0 aliphatic heterocycles. The maximum atomic E-state index is 10.8. The quantitative estimate of drug-likeness (QED) is 0.620. The van der Waals surface area contributed by atoms with Crippen LogP contribution in [-0.4, -0.2) is 31.2 Å². The third-order valence-electron chi connectivity index (χ3n) is 2.47. The number of aryl methyl sites for hydroxylation is 1. The minimum absolute atomic E-state index is 0.0320. The molecule has 0 aromatic carbocycles. The van der Waals surface area contributed by atoms with E-state index in [2.05, 4.69) is 20.5 Å². The number of hydrogen-bond donors (Lipinski definition) is 1. The van der Waals surface area contributed by atoms with Crippen molar-refractivity contribution in [2.75, 3.05) is 11.9 Å². The summed E-state index contributed by atoms with van der Waals surface area (Å²) in [6, 6.07) is 1.58. The van der Waals surface area contributed by atoms with Gasteiger partial charge < -0.3 is 9.88 Å². The predicted octanol–water partition coefficient (Wildman–Crippen LogP) is 0.773. The largest absolute Gasteiger partial charge is 0.379 e. The van der Waals surface area contributed by atoms with Crippen LogP contribution in [0.25, 0.3) is 0 Å². The Balaban J connectivity index is 1.99. The second-order valence-corrected chi connectivity index (χ2v) is 3.68. The van der Waals surface area contributed by atoms with E-state index in [4.69, 9.17) is 0 Å². The molecule has 0 amide bonds. The normalized spacial score (nSPS) is 10.3. The monoisotopic (exact) mass is 248 g/mol. The van der Waals surface area contributed by atoms with Crippen molar-refractivity contribution < 1.29 is 4.92 Å². The smallest absolute Gasteiger partial charge is 0.310 e. The number of nitro groups is 1. The zero-order chi connectivity index (χ0) is 13.0. The van der Waals surface area contributed by atoms with Crippen LogP contribution in [0.4, 0.5) is 11.4 Å². The van der Waals surface area contributed by atoms with Gasteiger partial charge in [-0.2, -0.15) is 0 Å². The molecule has 2 rings (SSSR count). The number of hydrogen-bond acceptors (Lipinski definition) is 6. The number of pyridine rings is 1. The lowest BCUT2D eigenvalue weighted by molar-refractivity contribution is -0.384. The summed E-state index contributed by atoms with van der Waals surface area (Å²) in [6.07, 6.45) is 4.99. The molecule has 1 N–H and O–H groups in total. The number of nitrogens with one attached hydrogen (secondary N) is 1. The van der Waals surface area contributed by atoms with Gasteiger partial charge in [0, 0.05) is 26.2 Å². The molecule has 0 aliphatic rings.